The normalized spacial score (nSPS) is 26.5. The molecule has 21 heavy (non-hydrogen) atoms. The van der Waals surface area contributed by atoms with Gasteiger partial charge in [-0.15, -0.1) is 10.2 Å². The van der Waals surface area contributed by atoms with Crippen LogP contribution in [0.1, 0.15) is 69.7 Å². The molecule has 0 amide bonds. The van der Waals surface area contributed by atoms with Gasteiger partial charge in [-0.3, -0.25) is 4.79 Å². The highest BCUT2D eigenvalue weighted by Gasteiger charge is 2.33. The van der Waals surface area contributed by atoms with Crippen molar-refractivity contribution in [1.82, 2.24) is 14.8 Å². The molecule has 0 saturated heterocycles. The van der Waals surface area contributed by atoms with Crippen molar-refractivity contribution < 1.29 is 9.90 Å². The first kappa shape index (κ1) is 14.9. The van der Waals surface area contributed by atoms with E-state index < -0.39 is 5.97 Å². The number of thioether (sulfide) groups is 1. The highest BCUT2D eigenvalue weighted by atomic mass is 32.2. The highest BCUT2D eigenvalue weighted by Crippen LogP contribution is 2.43. The van der Waals surface area contributed by atoms with Crippen molar-refractivity contribution in [2.75, 3.05) is 5.75 Å². The molecule has 2 aliphatic rings. The van der Waals surface area contributed by atoms with Gasteiger partial charge in [-0.05, 0) is 38.0 Å². The van der Waals surface area contributed by atoms with E-state index in [1.165, 1.54) is 56.7 Å². The highest BCUT2D eigenvalue weighted by molar-refractivity contribution is 7.99. The number of aromatic nitrogens is 3. The summed E-state index contributed by atoms with van der Waals surface area (Å²) in [5.41, 5.74) is 0. The minimum Gasteiger partial charge on any atom is -0.481 e. The number of carboxylic acids is 1. The first-order valence-corrected chi connectivity index (χ1v) is 8.93. The van der Waals surface area contributed by atoms with Crippen LogP contribution < -0.4 is 0 Å². The Balaban J connectivity index is 1.82. The Morgan fingerprint density at radius 3 is 2.76 bits per heavy atom. The van der Waals surface area contributed by atoms with Crippen molar-refractivity contribution in [3.05, 3.63) is 5.82 Å². The molecular formula is C15H23N3O2S. The molecular weight excluding hydrogens is 286 g/mol. The third-order valence-corrected chi connectivity index (χ3v) is 5.48. The van der Waals surface area contributed by atoms with Crippen LogP contribution in [0.5, 0.6) is 0 Å². The maximum Gasteiger partial charge on any atom is 0.313 e. The standard InChI is InChI=1S/C15H23N3O2S/c1-10-3-2-4-12(8-5-10)18-14(11-6-7-11)16-17-15(18)21-9-13(19)20/h10-12H,2-9H2,1H3,(H,19,20). The van der Waals surface area contributed by atoms with Crippen LogP contribution in [0.15, 0.2) is 5.16 Å². The Bertz CT molecular complexity index is 513. The predicted molar refractivity (Wildman–Crippen MR) is 81.6 cm³/mol. The Morgan fingerprint density at radius 2 is 2.05 bits per heavy atom. The zero-order valence-electron chi connectivity index (χ0n) is 12.5. The molecule has 2 saturated carbocycles. The van der Waals surface area contributed by atoms with Crippen LogP contribution in [-0.2, 0) is 4.79 Å². The molecule has 2 unspecified atom stereocenters. The molecule has 0 bridgehead atoms. The monoisotopic (exact) mass is 309 g/mol. The van der Waals surface area contributed by atoms with Crippen molar-refractivity contribution in [3.63, 3.8) is 0 Å². The Labute approximate surface area is 129 Å². The molecule has 1 aromatic heterocycles. The van der Waals surface area contributed by atoms with E-state index in [0.29, 0.717) is 12.0 Å². The van der Waals surface area contributed by atoms with Gasteiger partial charge in [-0.1, -0.05) is 31.5 Å². The van der Waals surface area contributed by atoms with Gasteiger partial charge in [0.25, 0.3) is 0 Å². The lowest BCUT2D eigenvalue weighted by Gasteiger charge is -2.20. The fraction of sp³-hybridized carbons (Fsp3) is 0.800. The lowest BCUT2D eigenvalue weighted by Crippen LogP contribution is -2.13. The van der Waals surface area contributed by atoms with E-state index in [9.17, 15) is 4.79 Å². The van der Waals surface area contributed by atoms with Crippen LogP contribution in [0.2, 0.25) is 0 Å². The quantitative estimate of drug-likeness (QED) is 0.666. The van der Waals surface area contributed by atoms with Crippen molar-refractivity contribution in [1.29, 1.82) is 0 Å². The summed E-state index contributed by atoms with van der Waals surface area (Å²) < 4.78 is 2.28. The number of carbonyl (C=O) groups is 1. The lowest BCUT2D eigenvalue weighted by molar-refractivity contribution is -0.133. The zero-order chi connectivity index (χ0) is 14.8. The lowest BCUT2D eigenvalue weighted by atomic mass is 10.0. The van der Waals surface area contributed by atoms with Gasteiger partial charge in [0.05, 0.1) is 5.75 Å². The molecule has 0 radical (unpaired) electrons. The second-order valence-corrected chi connectivity index (χ2v) is 7.38. The molecule has 0 aliphatic heterocycles. The Hall–Kier alpha value is -1.04. The van der Waals surface area contributed by atoms with E-state index in [-0.39, 0.29) is 5.75 Å². The Morgan fingerprint density at radius 1 is 1.24 bits per heavy atom. The van der Waals surface area contributed by atoms with E-state index in [2.05, 4.69) is 21.7 Å². The molecule has 1 heterocycles. The average molecular weight is 309 g/mol. The summed E-state index contributed by atoms with van der Waals surface area (Å²) in [5.74, 6) is 1.72. The first-order valence-electron chi connectivity index (χ1n) is 7.94. The van der Waals surface area contributed by atoms with Gasteiger partial charge in [-0.25, -0.2) is 0 Å². The van der Waals surface area contributed by atoms with Gasteiger partial charge < -0.3 is 9.67 Å². The number of aliphatic carboxylic acids is 1. The van der Waals surface area contributed by atoms with E-state index in [4.69, 9.17) is 5.11 Å². The van der Waals surface area contributed by atoms with Gasteiger partial charge in [0.2, 0.25) is 0 Å². The summed E-state index contributed by atoms with van der Waals surface area (Å²) in [7, 11) is 0. The van der Waals surface area contributed by atoms with Gasteiger partial charge in [0, 0.05) is 12.0 Å². The molecule has 5 nitrogen and oxygen atoms in total. The third kappa shape index (κ3) is 3.59. The molecule has 2 atom stereocenters. The summed E-state index contributed by atoms with van der Waals surface area (Å²) in [6.45, 7) is 2.33. The molecule has 1 aromatic rings. The number of rotatable bonds is 5. The van der Waals surface area contributed by atoms with Crippen LogP contribution in [0.4, 0.5) is 0 Å². The number of nitrogens with zero attached hydrogens (tertiary/aromatic N) is 3. The maximum absolute atomic E-state index is 10.8. The van der Waals surface area contributed by atoms with Gasteiger partial charge in [0.1, 0.15) is 5.82 Å². The average Bonchev–Trinajstić information content (AvgIpc) is 3.23. The smallest absolute Gasteiger partial charge is 0.313 e. The first-order chi connectivity index (χ1) is 10.1. The second-order valence-electron chi connectivity index (χ2n) is 6.43. The van der Waals surface area contributed by atoms with Crippen LogP contribution in [0.25, 0.3) is 0 Å². The molecule has 6 heteroatoms. The maximum atomic E-state index is 10.8. The number of hydrogen-bond donors (Lipinski definition) is 1. The topological polar surface area (TPSA) is 68.0 Å². The van der Waals surface area contributed by atoms with E-state index in [0.717, 1.165) is 16.9 Å². The van der Waals surface area contributed by atoms with Crippen LogP contribution in [-0.4, -0.2) is 31.6 Å². The number of hydrogen-bond acceptors (Lipinski definition) is 4. The van der Waals surface area contributed by atoms with E-state index in [1.54, 1.807) is 0 Å². The third-order valence-electron chi connectivity index (χ3n) is 4.55. The number of carboxylic acid groups (broad SMARTS) is 1. The fourth-order valence-electron chi connectivity index (χ4n) is 3.20. The summed E-state index contributed by atoms with van der Waals surface area (Å²) in [4.78, 5) is 10.8. The zero-order valence-corrected chi connectivity index (χ0v) is 13.3. The van der Waals surface area contributed by atoms with E-state index >= 15 is 0 Å². The van der Waals surface area contributed by atoms with Crippen molar-refractivity contribution in [2.24, 2.45) is 5.92 Å². The molecule has 0 spiro atoms. The second kappa shape index (κ2) is 6.38. The van der Waals surface area contributed by atoms with E-state index in [1.807, 2.05) is 0 Å². The summed E-state index contributed by atoms with van der Waals surface area (Å²) in [6, 6.07) is 0.455. The molecule has 0 aromatic carbocycles. The SMILES string of the molecule is CC1CCCC(n2c(SCC(=O)O)nnc2C2CC2)CC1. The summed E-state index contributed by atoms with van der Waals surface area (Å²) in [6.07, 6.45) is 8.53. The largest absolute Gasteiger partial charge is 0.481 e. The van der Waals surface area contributed by atoms with Gasteiger partial charge in [-0.2, -0.15) is 0 Å². The van der Waals surface area contributed by atoms with Gasteiger partial charge >= 0.3 is 5.97 Å². The molecule has 2 aliphatic carbocycles. The van der Waals surface area contributed by atoms with Gasteiger partial charge in [0.15, 0.2) is 5.16 Å². The van der Waals surface area contributed by atoms with Crippen molar-refractivity contribution >= 4 is 17.7 Å². The molecule has 2 fully saturated rings. The summed E-state index contributed by atoms with van der Waals surface area (Å²) >= 11 is 1.31. The van der Waals surface area contributed by atoms with Crippen molar-refractivity contribution in [2.45, 2.75) is 69.0 Å². The van der Waals surface area contributed by atoms with Crippen molar-refractivity contribution in [3.8, 4) is 0 Å². The van der Waals surface area contributed by atoms with Crippen LogP contribution in [0.3, 0.4) is 0 Å². The predicted octanol–water partition coefficient (Wildman–Crippen LogP) is 3.47. The molecule has 3 rings (SSSR count). The summed E-state index contributed by atoms with van der Waals surface area (Å²) in [5, 5.41) is 18.4. The minimum absolute atomic E-state index is 0.0614. The fourth-order valence-corrected chi connectivity index (χ4v) is 3.93. The molecule has 116 valence electrons. The van der Waals surface area contributed by atoms with Crippen LogP contribution in [0, 0.1) is 5.92 Å². The Kier molecular flexibility index (Phi) is 4.52. The minimum atomic E-state index is -0.794. The molecule has 1 N–H and O–H groups in total. The van der Waals surface area contributed by atoms with Crippen LogP contribution >= 0.6 is 11.8 Å².